The summed E-state index contributed by atoms with van der Waals surface area (Å²) in [5, 5.41) is 0. The molecule has 1 nitrogen and oxygen atoms in total. The van der Waals surface area contributed by atoms with Crippen molar-refractivity contribution in [1.29, 1.82) is 0 Å². The summed E-state index contributed by atoms with van der Waals surface area (Å²) < 4.78 is 36.8. The van der Waals surface area contributed by atoms with Crippen molar-refractivity contribution in [3.63, 3.8) is 0 Å². The van der Waals surface area contributed by atoms with Gasteiger partial charge >= 0.3 is 6.18 Å². The van der Waals surface area contributed by atoms with Gasteiger partial charge in [0.05, 0.1) is 5.56 Å². The van der Waals surface area contributed by atoms with E-state index >= 15 is 0 Å². The number of carbonyl (C=O) groups excluding carboxylic acids is 1. The molecule has 0 spiro atoms. The maximum atomic E-state index is 12.3. The molecule has 0 aliphatic heterocycles. The third-order valence-electron chi connectivity index (χ3n) is 1.72. The molecule has 0 bridgehead atoms. The molecule has 1 aromatic carbocycles. The molecule has 0 aliphatic rings. The highest BCUT2D eigenvalue weighted by Gasteiger charge is 2.30. The van der Waals surface area contributed by atoms with Gasteiger partial charge in [-0.15, -0.1) is 0 Å². The Morgan fingerprint density at radius 3 is 2.29 bits per heavy atom. The lowest BCUT2D eigenvalue weighted by molar-refractivity contribution is -0.137. The van der Waals surface area contributed by atoms with Crippen molar-refractivity contribution in [2.75, 3.05) is 0 Å². The normalized spacial score (nSPS) is 10.9. The number of allylic oxidation sites excluding steroid dienone is 1. The van der Waals surface area contributed by atoms with E-state index in [4.69, 9.17) is 0 Å². The summed E-state index contributed by atoms with van der Waals surface area (Å²) in [7, 11) is 0. The van der Waals surface area contributed by atoms with Gasteiger partial charge in [-0.3, -0.25) is 4.79 Å². The van der Waals surface area contributed by atoms with Gasteiger partial charge in [0, 0.05) is 0 Å². The number of carbonyl (C=O) groups is 1. The number of ketones is 1. The number of alkyl halides is 3. The maximum Gasteiger partial charge on any atom is 0.416 e. The zero-order valence-corrected chi connectivity index (χ0v) is 10.0. The average Bonchev–Trinajstić information content (AvgIpc) is 2.28. The molecule has 1 aromatic rings. The molecular formula is C13H15F3O. The predicted octanol–water partition coefficient (Wildman–Crippen LogP) is 4.33. The molecule has 0 N–H and O–H groups in total. The summed E-state index contributed by atoms with van der Waals surface area (Å²) >= 11 is 0. The number of rotatable bonds is 2. The largest absolute Gasteiger partial charge is 0.416 e. The van der Waals surface area contributed by atoms with Gasteiger partial charge in [-0.1, -0.05) is 32.1 Å². The maximum absolute atomic E-state index is 12.3. The molecule has 0 atom stereocenters. The molecule has 0 aliphatic carbocycles. The summed E-state index contributed by atoms with van der Waals surface area (Å²) in [5.41, 5.74) is -0.353. The highest BCUT2D eigenvalue weighted by molar-refractivity contribution is 5.91. The van der Waals surface area contributed by atoms with E-state index in [0.29, 0.717) is 5.56 Å². The summed E-state index contributed by atoms with van der Waals surface area (Å²) in [4.78, 5) is 10.6. The van der Waals surface area contributed by atoms with E-state index < -0.39 is 11.7 Å². The summed E-state index contributed by atoms with van der Waals surface area (Å²) in [6.07, 6.45) is -1.76. The van der Waals surface area contributed by atoms with Gasteiger partial charge < -0.3 is 0 Å². The van der Waals surface area contributed by atoms with E-state index in [1.54, 1.807) is 0 Å². The minimum Gasteiger partial charge on any atom is -0.295 e. The van der Waals surface area contributed by atoms with Gasteiger partial charge in [0.15, 0.2) is 5.78 Å². The Hall–Kier alpha value is -1.58. The van der Waals surface area contributed by atoms with Gasteiger partial charge in [-0.25, -0.2) is 0 Å². The van der Waals surface area contributed by atoms with Crippen molar-refractivity contribution in [1.82, 2.24) is 0 Å². The zero-order valence-electron chi connectivity index (χ0n) is 10.0. The minimum absolute atomic E-state index is 0.201. The molecule has 0 unspecified atom stereocenters. The molecule has 17 heavy (non-hydrogen) atoms. The highest BCUT2D eigenvalue weighted by atomic mass is 19.4. The molecule has 0 radical (unpaired) electrons. The Morgan fingerprint density at radius 2 is 1.82 bits per heavy atom. The van der Waals surface area contributed by atoms with Crippen molar-refractivity contribution >= 4 is 11.9 Å². The fraction of sp³-hybridized carbons (Fsp3) is 0.308. The quantitative estimate of drug-likeness (QED) is 0.707. The minimum atomic E-state index is -4.35. The van der Waals surface area contributed by atoms with Crippen LogP contribution in [0.4, 0.5) is 13.2 Å². The van der Waals surface area contributed by atoms with Gasteiger partial charge in [0.2, 0.25) is 0 Å². The second-order valence-corrected chi connectivity index (χ2v) is 3.07. The Balaban J connectivity index is 0.00000121. The number of halogens is 3. The van der Waals surface area contributed by atoms with E-state index in [2.05, 4.69) is 0 Å². The van der Waals surface area contributed by atoms with Crippen LogP contribution in [-0.2, 0) is 11.0 Å². The van der Waals surface area contributed by atoms with Crippen LogP contribution < -0.4 is 0 Å². The molecule has 0 aromatic heterocycles. The molecule has 0 amide bonds. The summed E-state index contributed by atoms with van der Waals surface area (Å²) in [6.45, 7) is 5.34. The smallest absolute Gasteiger partial charge is 0.295 e. The van der Waals surface area contributed by atoms with Gasteiger partial charge in [0.1, 0.15) is 0 Å². The second-order valence-electron chi connectivity index (χ2n) is 3.07. The van der Waals surface area contributed by atoms with Crippen molar-refractivity contribution < 1.29 is 18.0 Å². The summed E-state index contributed by atoms with van der Waals surface area (Å²) in [5.74, 6) is -0.201. The Morgan fingerprint density at radius 1 is 1.24 bits per heavy atom. The molecule has 1 rings (SSSR count). The van der Waals surface area contributed by atoms with E-state index in [0.717, 1.165) is 12.1 Å². The average molecular weight is 244 g/mol. The van der Waals surface area contributed by atoms with Crippen molar-refractivity contribution in [3.8, 4) is 0 Å². The molecule has 4 heteroatoms. The van der Waals surface area contributed by atoms with Crippen molar-refractivity contribution in [2.45, 2.75) is 26.9 Å². The van der Waals surface area contributed by atoms with Gasteiger partial charge in [0.25, 0.3) is 0 Å². The van der Waals surface area contributed by atoms with Crippen LogP contribution in [0.1, 0.15) is 31.9 Å². The highest BCUT2D eigenvalue weighted by Crippen LogP contribution is 2.29. The van der Waals surface area contributed by atoms with Crippen LogP contribution in [0.5, 0.6) is 0 Å². The van der Waals surface area contributed by atoms with Crippen LogP contribution in [0.2, 0.25) is 0 Å². The topological polar surface area (TPSA) is 17.1 Å². The molecular weight excluding hydrogens is 229 g/mol. The lowest BCUT2D eigenvalue weighted by Crippen LogP contribution is -2.04. The van der Waals surface area contributed by atoms with Crippen LogP contribution in [0.15, 0.2) is 30.3 Å². The SMILES string of the molecule is CC.CC(=O)/C=C/c1cccc(C(F)(F)F)c1. The van der Waals surface area contributed by atoms with Crippen LogP contribution in [0, 0.1) is 0 Å². The van der Waals surface area contributed by atoms with E-state index in [-0.39, 0.29) is 5.78 Å². The first-order chi connectivity index (χ1) is 7.89. The molecule has 0 saturated heterocycles. The van der Waals surface area contributed by atoms with Crippen LogP contribution in [0.3, 0.4) is 0 Å². The third-order valence-corrected chi connectivity index (χ3v) is 1.72. The van der Waals surface area contributed by atoms with Gasteiger partial charge in [-0.05, 0) is 30.7 Å². The van der Waals surface area contributed by atoms with Crippen LogP contribution in [0.25, 0.3) is 6.08 Å². The van der Waals surface area contributed by atoms with Crippen molar-refractivity contribution in [2.24, 2.45) is 0 Å². The predicted molar refractivity (Wildman–Crippen MR) is 62.5 cm³/mol. The molecule has 0 saturated carbocycles. The fourth-order valence-corrected chi connectivity index (χ4v) is 1.03. The first-order valence-corrected chi connectivity index (χ1v) is 5.25. The number of hydrogen-bond acceptors (Lipinski definition) is 1. The van der Waals surface area contributed by atoms with Gasteiger partial charge in [-0.2, -0.15) is 13.2 Å². The van der Waals surface area contributed by atoms with E-state index in [1.807, 2.05) is 13.8 Å². The molecule has 0 heterocycles. The molecule has 94 valence electrons. The Labute approximate surface area is 99.0 Å². The first kappa shape index (κ1) is 15.4. The van der Waals surface area contributed by atoms with Crippen LogP contribution in [-0.4, -0.2) is 5.78 Å². The third kappa shape index (κ3) is 5.90. The monoisotopic (exact) mass is 244 g/mol. The lowest BCUT2D eigenvalue weighted by atomic mass is 10.1. The Kier molecular flexibility index (Phi) is 6.25. The number of benzene rings is 1. The second kappa shape index (κ2) is 6.89. The number of hydrogen-bond donors (Lipinski definition) is 0. The zero-order chi connectivity index (χ0) is 13.5. The van der Waals surface area contributed by atoms with E-state index in [1.165, 1.54) is 31.2 Å². The van der Waals surface area contributed by atoms with Crippen molar-refractivity contribution in [3.05, 3.63) is 41.5 Å². The van der Waals surface area contributed by atoms with Crippen LogP contribution >= 0.6 is 0 Å². The standard InChI is InChI=1S/C11H9F3O.C2H6/c1-8(15)5-6-9-3-2-4-10(7-9)11(12,13)14;1-2/h2-7H,1H3;1-2H3/b6-5+;. The first-order valence-electron chi connectivity index (χ1n) is 5.25. The fourth-order valence-electron chi connectivity index (χ4n) is 1.03. The lowest BCUT2D eigenvalue weighted by Gasteiger charge is -2.06. The molecule has 0 fully saturated rings. The van der Waals surface area contributed by atoms with E-state index in [9.17, 15) is 18.0 Å². The summed E-state index contributed by atoms with van der Waals surface area (Å²) in [6, 6.07) is 4.81. The Bertz CT molecular complexity index is 392.